The lowest BCUT2D eigenvalue weighted by Crippen LogP contribution is -2.16. The fraction of sp³-hybridized carbons (Fsp3) is 0.231. The molecule has 0 aliphatic carbocycles. The van der Waals surface area contributed by atoms with Crippen molar-refractivity contribution in [1.29, 1.82) is 5.26 Å². The number of nitrogens with zero attached hydrogens (tertiary/aromatic N) is 4. The lowest BCUT2D eigenvalue weighted by atomic mass is 10.2. The van der Waals surface area contributed by atoms with Gasteiger partial charge in [0.25, 0.3) is 0 Å². The summed E-state index contributed by atoms with van der Waals surface area (Å²) in [5, 5.41) is 11.1. The second-order valence-electron chi connectivity index (χ2n) is 4.27. The Labute approximate surface area is 130 Å². The summed E-state index contributed by atoms with van der Waals surface area (Å²) in [4.78, 5) is 6.50. The maximum Gasteiger partial charge on any atom is 0.123 e. The highest BCUT2D eigenvalue weighted by Gasteiger charge is 2.27. The normalized spacial score (nSPS) is 20.6. The summed E-state index contributed by atoms with van der Waals surface area (Å²) in [5.41, 5.74) is 3.98. The minimum absolute atomic E-state index is 0.149. The molecule has 3 rings (SSSR count). The van der Waals surface area contributed by atoms with Crippen molar-refractivity contribution in [3.05, 3.63) is 46.9 Å². The van der Waals surface area contributed by atoms with E-state index in [0.717, 1.165) is 11.3 Å². The summed E-state index contributed by atoms with van der Waals surface area (Å²) < 4.78 is 2.11. The number of pyridine rings is 1. The van der Waals surface area contributed by atoms with Gasteiger partial charge in [0.1, 0.15) is 17.1 Å². The molecule has 1 aromatic heterocycles. The molecule has 102 valence electrons. The number of hydrogen-bond acceptors (Lipinski definition) is 7. The molecule has 2 aliphatic heterocycles. The molecule has 0 radical (unpaired) electrons. The van der Waals surface area contributed by atoms with E-state index in [1.807, 2.05) is 29.6 Å². The Morgan fingerprint density at radius 2 is 2.30 bits per heavy atom. The van der Waals surface area contributed by atoms with Gasteiger partial charge in [0.05, 0.1) is 11.4 Å². The van der Waals surface area contributed by atoms with E-state index in [1.54, 1.807) is 33.5 Å². The van der Waals surface area contributed by atoms with E-state index in [4.69, 9.17) is 5.26 Å². The molecule has 0 spiro atoms. The van der Waals surface area contributed by atoms with Crippen LogP contribution in [0.15, 0.2) is 35.6 Å². The highest BCUT2D eigenvalue weighted by molar-refractivity contribution is 8.75. The summed E-state index contributed by atoms with van der Waals surface area (Å²) in [6, 6.07) is 6.33. The molecule has 0 saturated carbocycles. The van der Waals surface area contributed by atoms with Crippen molar-refractivity contribution < 1.29 is 0 Å². The largest absolute Gasteiger partial charge is 0.349 e. The molecule has 1 unspecified atom stereocenters. The van der Waals surface area contributed by atoms with Gasteiger partial charge in [0.2, 0.25) is 0 Å². The Hall–Kier alpha value is -1.23. The molecule has 4 nitrogen and oxygen atoms in total. The minimum atomic E-state index is 0.149. The third kappa shape index (κ3) is 2.51. The van der Waals surface area contributed by atoms with Crippen molar-refractivity contribution in [3.63, 3.8) is 0 Å². The highest BCUT2D eigenvalue weighted by Crippen LogP contribution is 2.44. The van der Waals surface area contributed by atoms with Crippen LogP contribution in [0.5, 0.6) is 0 Å². The predicted octanol–water partition coefficient (Wildman–Crippen LogP) is 3.66. The average Bonchev–Trinajstić information content (AvgIpc) is 3.14. The Balaban J connectivity index is 1.69. The molecular weight excluding hydrogens is 308 g/mol. The van der Waals surface area contributed by atoms with Crippen LogP contribution in [0.4, 0.5) is 0 Å². The number of hydrogen-bond donors (Lipinski definition) is 0. The van der Waals surface area contributed by atoms with Crippen LogP contribution >= 0.6 is 33.5 Å². The third-order valence-electron chi connectivity index (χ3n) is 3.05. The van der Waals surface area contributed by atoms with Crippen molar-refractivity contribution in [3.8, 4) is 6.07 Å². The quantitative estimate of drug-likeness (QED) is 0.619. The molecule has 7 heteroatoms. The number of nitriles is 1. The van der Waals surface area contributed by atoms with Gasteiger partial charge in [-0.15, -0.1) is 11.8 Å². The monoisotopic (exact) mass is 320 g/mol. The molecule has 20 heavy (non-hydrogen) atoms. The summed E-state index contributed by atoms with van der Waals surface area (Å²) >= 11 is 1.64. The van der Waals surface area contributed by atoms with E-state index in [1.165, 1.54) is 5.70 Å². The van der Waals surface area contributed by atoms with Crippen LogP contribution in [0, 0.1) is 11.3 Å². The molecule has 0 bridgehead atoms. The molecule has 2 aliphatic rings. The Morgan fingerprint density at radius 1 is 1.45 bits per heavy atom. The minimum Gasteiger partial charge on any atom is -0.349 e. The van der Waals surface area contributed by atoms with Gasteiger partial charge in [0, 0.05) is 41.4 Å². The van der Waals surface area contributed by atoms with Crippen molar-refractivity contribution in [2.45, 2.75) is 5.37 Å². The first-order valence-corrected chi connectivity index (χ1v) is 9.37. The first kappa shape index (κ1) is 13.7. The Bertz CT molecular complexity index is 617. The Morgan fingerprint density at radius 3 is 2.90 bits per heavy atom. The molecule has 0 saturated heterocycles. The van der Waals surface area contributed by atoms with Crippen LogP contribution in [0.25, 0.3) is 5.70 Å². The molecule has 1 aromatic rings. The Kier molecular flexibility index (Phi) is 3.87. The smallest absolute Gasteiger partial charge is 0.123 e. The molecule has 3 heterocycles. The van der Waals surface area contributed by atoms with Crippen LogP contribution in [-0.2, 0) is 0 Å². The molecule has 0 N–H and O–H groups in total. The van der Waals surface area contributed by atoms with Crippen LogP contribution < -0.4 is 0 Å². The summed E-state index contributed by atoms with van der Waals surface area (Å²) in [6.07, 6.45) is 6.03. The number of aromatic nitrogens is 1. The van der Waals surface area contributed by atoms with E-state index < -0.39 is 0 Å². The van der Waals surface area contributed by atoms with E-state index in [-0.39, 0.29) is 5.37 Å². The van der Waals surface area contributed by atoms with E-state index >= 15 is 0 Å². The molecule has 0 aromatic carbocycles. The van der Waals surface area contributed by atoms with Gasteiger partial charge in [0.15, 0.2) is 0 Å². The number of thioether (sulfide) groups is 1. The summed E-state index contributed by atoms with van der Waals surface area (Å²) in [6.45, 7) is 0. The van der Waals surface area contributed by atoms with E-state index in [9.17, 15) is 0 Å². The third-order valence-corrected chi connectivity index (χ3v) is 5.80. The molecular formula is C13H12N4S3. The SMILES string of the molecule is CSSN1C=C1c1ccc(C2SC=C(C#N)N2C)cn1. The zero-order chi connectivity index (χ0) is 14.1. The van der Waals surface area contributed by atoms with Gasteiger partial charge in [-0.05, 0) is 12.3 Å². The van der Waals surface area contributed by atoms with Crippen molar-refractivity contribution >= 4 is 39.2 Å². The molecule has 0 amide bonds. The van der Waals surface area contributed by atoms with Gasteiger partial charge in [-0.1, -0.05) is 16.9 Å². The zero-order valence-corrected chi connectivity index (χ0v) is 13.4. The van der Waals surface area contributed by atoms with Crippen molar-refractivity contribution in [2.75, 3.05) is 13.3 Å². The van der Waals surface area contributed by atoms with Gasteiger partial charge in [-0.2, -0.15) is 5.26 Å². The average molecular weight is 320 g/mol. The highest BCUT2D eigenvalue weighted by atomic mass is 33.1. The van der Waals surface area contributed by atoms with E-state index in [2.05, 4.69) is 33.9 Å². The topological polar surface area (TPSA) is 42.9 Å². The lowest BCUT2D eigenvalue weighted by Gasteiger charge is -2.21. The molecule has 1 atom stereocenters. The van der Waals surface area contributed by atoms with Gasteiger partial charge < -0.3 is 4.90 Å². The van der Waals surface area contributed by atoms with Crippen LogP contribution in [0.2, 0.25) is 0 Å². The standard InChI is InChI=1S/C13H12N4S3/c1-16-10(5-14)8-19-13(16)9-3-4-11(15-6-9)12-7-17(12)20-18-2/h3-4,6-8,13H,1-2H3. The van der Waals surface area contributed by atoms with Gasteiger partial charge >= 0.3 is 0 Å². The maximum absolute atomic E-state index is 9.00. The van der Waals surface area contributed by atoms with Crippen molar-refractivity contribution in [2.24, 2.45) is 0 Å². The maximum atomic E-state index is 9.00. The predicted molar refractivity (Wildman–Crippen MR) is 87.0 cm³/mol. The molecule has 0 fully saturated rings. The first-order chi connectivity index (χ1) is 9.74. The zero-order valence-electron chi connectivity index (χ0n) is 11.0. The van der Waals surface area contributed by atoms with Crippen LogP contribution in [-0.4, -0.2) is 27.5 Å². The van der Waals surface area contributed by atoms with Crippen LogP contribution in [0.3, 0.4) is 0 Å². The second kappa shape index (κ2) is 5.64. The summed E-state index contributed by atoms with van der Waals surface area (Å²) in [7, 11) is 5.34. The first-order valence-electron chi connectivity index (χ1n) is 5.91. The second-order valence-corrected chi connectivity index (χ2v) is 7.55. The summed E-state index contributed by atoms with van der Waals surface area (Å²) in [5.74, 6) is 0. The van der Waals surface area contributed by atoms with E-state index in [0.29, 0.717) is 5.70 Å². The fourth-order valence-corrected chi connectivity index (χ4v) is 4.34. The van der Waals surface area contributed by atoms with Crippen LogP contribution in [0.1, 0.15) is 16.6 Å². The lowest BCUT2D eigenvalue weighted by molar-refractivity contribution is 0.425. The van der Waals surface area contributed by atoms with Crippen molar-refractivity contribution in [1.82, 2.24) is 14.2 Å². The number of allylic oxidation sites excluding steroid dienone is 1. The number of rotatable bonds is 4. The van der Waals surface area contributed by atoms with Gasteiger partial charge in [-0.3, -0.25) is 9.29 Å². The fourth-order valence-electron chi connectivity index (χ4n) is 1.94. The van der Waals surface area contributed by atoms with Gasteiger partial charge in [-0.25, -0.2) is 0 Å².